The van der Waals surface area contributed by atoms with Gasteiger partial charge in [-0.05, 0) is 37.2 Å². The Morgan fingerprint density at radius 3 is 2.35 bits per heavy atom. The highest BCUT2D eigenvalue weighted by molar-refractivity contribution is 7.09. The Kier molecular flexibility index (Phi) is 8.63. The van der Waals surface area contributed by atoms with Crippen molar-refractivity contribution in [3.8, 4) is 0 Å². The number of nitrogens with one attached hydrogen (secondary N) is 3. The van der Waals surface area contributed by atoms with E-state index >= 15 is 0 Å². The lowest BCUT2D eigenvalue weighted by atomic mass is 9.86. The number of amides is 3. The van der Waals surface area contributed by atoms with E-state index in [1.54, 1.807) is 35.8 Å². The predicted molar refractivity (Wildman–Crippen MR) is 133 cm³/mol. The van der Waals surface area contributed by atoms with Crippen molar-refractivity contribution in [2.24, 2.45) is 11.8 Å². The average Bonchev–Trinajstić information content (AvgIpc) is 3.59. The first kappa shape index (κ1) is 26.8. The molecule has 198 valence electrons. The summed E-state index contributed by atoms with van der Waals surface area (Å²) in [6.07, 6.45) is 2.57. The smallest absolute Gasteiger partial charge is 0.289 e. The fourth-order valence-corrected chi connectivity index (χ4v) is 5.02. The van der Waals surface area contributed by atoms with Crippen LogP contribution < -0.4 is 16.0 Å². The van der Waals surface area contributed by atoms with Gasteiger partial charge in [-0.1, -0.05) is 30.3 Å². The van der Waals surface area contributed by atoms with Crippen molar-refractivity contribution in [3.63, 3.8) is 0 Å². The van der Waals surface area contributed by atoms with Crippen LogP contribution in [-0.4, -0.2) is 46.5 Å². The largest absolute Gasteiger partial charge is 0.344 e. The van der Waals surface area contributed by atoms with E-state index in [0.29, 0.717) is 5.01 Å². The molecular formula is C26H30F2N4O4S. The summed E-state index contributed by atoms with van der Waals surface area (Å²) in [5.74, 6) is -6.05. The lowest BCUT2D eigenvalue weighted by Crippen LogP contribution is -2.56. The molecule has 0 radical (unpaired) electrons. The number of carbonyl (C=O) groups is 4. The molecule has 2 saturated carbocycles. The van der Waals surface area contributed by atoms with Gasteiger partial charge in [-0.25, -0.2) is 13.8 Å². The van der Waals surface area contributed by atoms with Crippen molar-refractivity contribution in [1.82, 2.24) is 20.9 Å². The number of carbonyl (C=O) groups excluding carboxylic acids is 4. The molecule has 4 rings (SSSR count). The van der Waals surface area contributed by atoms with Gasteiger partial charge in [-0.2, -0.15) is 0 Å². The minimum absolute atomic E-state index is 0.0617. The van der Waals surface area contributed by atoms with Crippen molar-refractivity contribution < 1.29 is 28.0 Å². The zero-order valence-corrected chi connectivity index (χ0v) is 21.1. The van der Waals surface area contributed by atoms with Crippen LogP contribution in [0.1, 0.15) is 49.1 Å². The Morgan fingerprint density at radius 2 is 1.73 bits per heavy atom. The summed E-state index contributed by atoms with van der Waals surface area (Å²) >= 11 is 1.34. The highest BCUT2D eigenvalue weighted by Gasteiger charge is 2.42. The minimum atomic E-state index is -2.75. The second-order valence-corrected chi connectivity index (χ2v) is 10.7. The molecule has 2 aromatic rings. The number of alkyl halides is 2. The molecule has 3 N–H and O–H groups in total. The van der Waals surface area contributed by atoms with E-state index in [0.717, 1.165) is 18.4 Å². The summed E-state index contributed by atoms with van der Waals surface area (Å²) in [6.45, 7) is 0.0927. The molecule has 1 aromatic heterocycles. The third-order valence-electron chi connectivity index (χ3n) is 6.78. The molecule has 1 heterocycles. The number of Topliss-reactive ketones (excluding diaryl/α,β-unsaturated/α-hetero) is 1. The molecule has 2 aliphatic rings. The van der Waals surface area contributed by atoms with Gasteiger partial charge in [-0.15, -0.1) is 11.3 Å². The molecule has 2 aliphatic carbocycles. The molecule has 11 heteroatoms. The third kappa shape index (κ3) is 7.64. The van der Waals surface area contributed by atoms with Gasteiger partial charge < -0.3 is 16.0 Å². The summed E-state index contributed by atoms with van der Waals surface area (Å²) in [4.78, 5) is 55.9. The lowest BCUT2D eigenvalue weighted by Gasteiger charge is -2.29. The standard InChI is InChI=1S/C26H30F2N4O4S/c27-26(28)10-8-18(9-11-26)23(34)32-21(17-6-7-17)24(35)31-19(14-16-4-2-1-3-5-16)22(33)25(36)30-15-20-29-12-13-37-20/h1-5,12-13,17-19,21H,6-11,14-15H2,(H,30,36)(H,31,35)(H,32,34)/t19-,21-/m1/s1. The molecule has 0 spiro atoms. The Bertz CT molecular complexity index is 1100. The Hall–Kier alpha value is -3.21. The van der Waals surface area contributed by atoms with Crippen LogP contribution in [0.5, 0.6) is 0 Å². The van der Waals surface area contributed by atoms with Gasteiger partial charge in [0, 0.05) is 36.8 Å². The van der Waals surface area contributed by atoms with Gasteiger partial charge in [0.15, 0.2) is 0 Å². The molecule has 0 saturated heterocycles. The summed E-state index contributed by atoms with van der Waals surface area (Å²) in [5.41, 5.74) is 0.754. The van der Waals surface area contributed by atoms with Crippen LogP contribution in [0.15, 0.2) is 41.9 Å². The quantitative estimate of drug-likeness (QED) is 0.385. The number of hydrogen-bond donors (Lipinski definition) is 3. The van der Waals surface area contributed by atoms with Crippen molar-refractivity contribution in [1.29, 1.82) is 0 Å². The molecule has 2 atom stereocenters. The zero-order valence-electron chi connectivity index (χ0n) is 20.3. The first-order valence-corrected chi connectivity index (χ1v) is 13.3. The van der Waals surface area contributed by atoms with E-state index in [1.807, 2.05) is 6.07 Å². The monoisotopic (exact) mass is 532 g/mol. The fourth-order valence-electron chi connectivity index (χ4n) is 4.46. The van der Waals surface area contributed by atoms with E-state index in [-0.39, 0.29) is 44.6 Å². The molecule has 0 bridgehead atoms. The molecule has 8 nitrogen and oxygen atoms in total. The van der Waals surface area contributed by atoms with E-state index < -0.39 is 47.4 Å². The topological polar surface area (TPSA) is 117 Å². The molecule has 1 aromatic carbocycles. The van der Waals surface area contributed by atoms with Crippen LogP contribution >= 0.6 is 11.3 Å². The SMILES string of the molecule is O=C(NCc1nccs1)C(=O)[C@@H](Cc1ccccc1)NC(=O)[C@H](NC(=O)C1CCC(F)(F)CC1)C1CC1. The van der Waals surface area contributed by atoms with Gasteiger partial charge >= 0.3 is 0 Å². The van der Waals surface area contributed by atoms with Crippen LogP contribution in [-0.2, 0) is 32.1 Å². The fraction of sp³-hybridized carbons (Fsp3) is 0.500. The minimum Gasteiger partial charge on any atom is -0.344 e. The van der Waals surface area contributed by atoms with E-state index in [9.17, 15) is 28.0 Å². The third-order valence-corrected chi connectivity index (χ3v) is 7.56. The second-order valence-electron chi connectivity index (χ2n) is 9.68. The summed E-state index contributed by atoms with van der Waals surface area (Å²) < 4.78 is 27.0. The predicted octanol–water partition coefficient (Wildman–Crippen LogP) is 2.78. The van der Waals surface area contributed by atoms with Crippen molar-refractivity contribution in [2.45, 2.75) is 69.5 Å². The number of nitrogens with zero attached hydrogens (tertiary/aromatic N) is 1. The van der Waals surface area contributed by atoms with E-state index in [1.165, 1.54) is 11.3 Å². The Morgan fingerprint density at radius 1 is 1.03 bits per heavy atom. The molecular weight excluding hydrogens is 502 g/mol. The van der Waals surface area contributed by atoms with Crippen molar-refractivity contribution in [2.75, 3.05) is 0 Å². The Labute approximate surface area is 217 Å². The highest BCUT2D eigenvalue weighted by Crippen LogP contribution is 2.37. The van der Waals surface area contributed by atoms with Gasteiger partial charge in [0.05, 0.1) is 6.54 Å². The Balaban J connectivity index is 1.42. The number of benzene rings is 1. The lowest BCUT2D eigenvalue weighted by molar-refractivity contribution is -0.141. The number of rotatable bonds is 11. The van der Waals surface area contributed by atoms with Crippen molar-refractivity contribution in [3.05, 3.63) is 52.5 Å². The van der Waals surface area contributed by atoms with Crippen LogP contribution in [0.2, 0.25) is 0 Å². The maximum Gasteiger partial charge on any atom is 0.289 e. The summed E-state index contributed by atoms with van der Waals surface area (Å²) in [5, 5.41) is 10.4. The van der Waals surface area contributed by atoms with Crippen LogP contribution in [0.4, 0.5) is 8.78 Å². The zero-order chi connectivity index (χ0) is 26.4. The molecule has 37 heavy (non-hydrogen) atoms. The maximum absolute atomic E-state index is 13.5. The molecule has 0 unspecified atom stereocenters. The number of thiazole rings is 1. The summed E-state index contributed by atoms with van der Waals surface area (Å²) in [6, 6.07) is 6.96. The van der Waals surface area contributed by atoms with Crippen LogP contribution in [0.25, 0.3) is 0 Å². The normalized spacial score (nSPS) is 18.9. The van der Waals surface area contributed by atoms with Crippen LogP contribution in [0, 0.1) is 11.8 Å². The van der Waals surface area contributed by atoms with Gasteiger partial charge in [0.25, 0.3) is 5.91 Å². The second kappa shape index (κ2) is 11.9. The van der Waals surface area contributed by atoms with Crippen molar-refractivity contribution >= 4 is 34.8 Å². The first-order valence-electron chi connectivity index (χ1n) is 12.4. The van der Waals surface area contributed by atoms with E-state index in [4.69, 9.17) is 0 Å². The van der Waals surface area contributed by atoms with Crippen LogP contribution in [0.3, 0.4) is 0 Å². The number of ketones is 1. The number of hydrogen-bond acceptors (Lipinski definition) is 6. The average molecular weight is 533 g/mol. The first-order chi connectivity index (χ1) is 17.7. The number of halogens is 2. The van der Waals surface area contributed by atoms with Gasteiger partial charge in [-0.3, -0.25) is 19.2 Å². The van der Waals surface area contributed by atoms with Gasteiger partial charge in [0.1, 0.15) is 17.1 Å². The molecule has 2 fully saturated rings. The van der Waals surface area contributed by atoms with Gasteiger partial charge in [0.2, 0.25) is 23.5 Å². The molecule has 3 amide bonds. The van der Waals surface area contributed by atoms with E-state index in [2.05, 4.69) is 20.9 Å². The summed E-state index contributed by atoms with van der Waals surface area (Å²) in [7, 11) is 0. The molecule has 0 aliphatic heterocycles. The highest BCUT2D eigenvalue weighted by atomic mass is 32.1. The maximum atomic E-state index is 13.5. The number of aromatic nitrogens is 1.